The summed E-state index contributed by atoms with van der Waals surface area (Å²) in [5.74, 6) is -3.68. The number of ether oxygens (including phenoxy) is 1. The SMILES string of the molecule is O=C(O)Oc1cc2c(c(O)c1O)C(=O)C=CC2=O. The Bertz CT molecular complexity index is 612. The molecule has 0 radical (unpaired) electrons. The summed E-state index contributed by atoms with van der Waals surface area (Å²) in [6, 6.07) is 0.891. The molecule has 0 fully saturated rings. The molecule has 92 valence electrons. The summed E-state index contributed by atoms with van der Waals surface area (Å²) in [6.45, 7) is 0. The number of carboxylic acid groups (broad SMARTS) is 1. The first-order valence-corrected chi connectivity index (χ1v) is 4.68. The fourth-order valence-corrected chi connectivity index (χ4v) is 1.57. The van der Waals surface area contributed by atoms with Crippen LogP contribution < -0.4 is 4.74 Å². The topological polar surface area (TPSA) is 121 Å². The Balaban J connectivity index is 2.69. The predicted octanol–water partition coefficient (Wildman–Crippen LogP) is 1.09. The molecule has 3 N–H and O–H groups in total. The molecule has 0 aromatic heterocycles. The Labute approximate surface area is 99.5 Å². The predicted molar refractivity (Wildman–Crippen MR) is 56.2 cm³/mol. The van der Waals surface area contributed by atoms with E-state index in [0.717, 1.165) is 18.2 Å². The smallest absolute Gasteiger partial charge is 0.504 e. The Hall–Kier alpha value is -2.83. The molecule has 18 heavy (non-hydrogen) atoms. The zero-order chi connectivity index (χ0) is 13.4. The highest BCUT2D eigenvalue weighted by Gasteiger charge is 2.28. The number of aromatic hydroxyl groups is 2. The maximum absolute atomic E-state index is 11.5. The van der Waals surface area contributed by atoms with Crippen LogP contribution in [-0.4, -0.2) is 33.0 Å². The highest BCUT2D eigenvalue weighted by atomic mass is 16.7. The molecule has 7 nitrogen and oxygen atoms in total. The molecule has 7 heteroatoms. The molecule has 0 spiro atoms. The molecule has 0 heterocycles. The van der Waals surface area contributed by atoms with E-state index in [0.29, 0.717) is 0 Å². The van der Waals surface area contributed by atoms with Crippen LogP contribution in [0.5, 0.6) is 17.2 Å². The lowest BCUT2D eigenvalue weighted by Gasteiger charge is -2.14. The van der Waals surface area contributed by atoms with E-state index in [1.54, 1.807) is 0 Å². The van der Waals surface area contributed by atoms with Crippen LogP contribution in [0.25, 0.3) is 0 Å². The van der Waals surface area contributed by atoms with Gasteiger partial charge in [-0.1, -0.05) is 0 Å². The van der Waals surface area contributed by atoms with E-state index >= 15 is 0 Å². The van der Waals surface area contributed by atoms with Gasteiger partial charge in [-0.05, 0) is 18.2 Å². The molecule has 0 saturated heterocycles. The van der Waals surface area contributed by atoms with Gasteiger partial charge in [0.15, 0.2) is 23.1 Å². The van der Waals surface area contributed by atoms with Crippen LogP contribution in [0.3, 0.4) is 0 Å². The lowest BCUT2D eigenvalue weighted by molar-refractivity contribution is 0.0990. The van der Waals surface area contributed by atoms with Gasteiger partial charge in [-0.15, -0.1) is 0 Å². The lowest BCUT2D eigenvalue weighted by atomic mass is 9.93. The van der Waals surface area contributed by atoms with Crippen LogP contribution in [0.1, 0.15) is 20.7 Å². The van der Waals surface area contributed by atoms with Crippen molar-refractivity contribution >= 4 is 17.7 Å². The van der Waals surface area contributed by atoms with Gasteiger partial charge in [0.05, 0.1) is 5.56 Å². The number of benzene rings is 1. The van der Waals surface area contributed by atoms with E-state index in [4.69, 9.17) is 5.11 Å². The Morgan fingerprint density at radius 3 is 2.28 bits per heavy atom. The second-order valence-electron chi connectivity index (χ2n) is 3.42. The standard InChI is InChI=1S/C11H6O7/c12-5-1-2-6(13)8-4(5)3-7(18-11(16)17)9(14)10(8)15/h1-3,14-15H,(H,16,17). The Morgan fingerprint density at radius 1 is 1.06 bits per heavy atom. The van der Waals surface area contributed by atoms with E-state index in [2.05, 4.69) is 4.74 Å². The van der Waals surface area contributed by atoms with Crippen LogP contribution in [-0.2, 0) is 0 Å². The number of allylic oxidation sites excluding steroid dienone is 2. The quantitative estimate of drug-likeness (QED) is 0.387. The minimum atomic E-state index is -1.73. The van der Waals surface area contributed by atoms with Crippen LogP contribution >= 0.6 is 0 Å². The zero-order valence-corrected chi connectivity index (χ0v) is 8.71. The summed E-state index contributed by atoms with van der Waals surface area (Å²) >= 11 is 0. The zero-order valence-electron chi connectivity index (χ0n) is 8.71. The van der Waals surface area contributed by atoms with Crippen molar-refractivity contribution in [3.05, 3.63) is 29.3 Å². The lowest BCUT2D eigenvalue weighted by Crippen LogP contribution is -2.13. The summed E-state index contributed by atoms with van der Waals surface area (Å²) in [4.78, 5) is 33.3. The third-order valence-corrected chi connectivity index (χ3v) is 2.33. The number of hydrogen-bond acceptors (Lipinski definition) is 6. The van der Waals surface area contributed by atoms with Gasteiger partial charge in [0, 0.05) is 5.56 Å². The summed E-state index contributed by atoms with van der Waals surface area (Å²) in [5, 5.41) is 27.5. The maximum Gasteiger partial charge on any atom is 0.511 e. The molecular weight excluding hydrogens is 244 g/mol. The summed E-state index contributed by atoms with van der Waals surface area (Å²) in [5.41, 5.74) is -0.605. The summed E-state index contributed by atoms with van der Waals surface area (Å²) < 4.78 is 4.19. The number of carbonyl (C=O) groups is 3. The second-order valence-corrected chi connectivity index (χ2v) is 3.42. The highest BCUT2D eigenvalue weighted by Crippen LogP contribution is 2.41. The van der Waals surface area contributed by atoms with Gasteiger partial charge in [-0.3, -0.25) is 9.59 Å². The molecular formula is C11H6O7. The van der Waals surface area contributed by atoms with Crippen LogP contribution in [0.4, 0.5) is 4.79 Å². The first-order valence-electron chi connectivity index (χ1n) is 4.68. The summed E-state index contributed by atoms with van der Waals surface area (Å²) in [6.07, 6.45) is 0.197. The van der Waals surface area contributed by atoms with Crippen LogP contribution in [0.15, 0.2) is 18.2 Å². The molecule has 1 aromatic rings. The molecule has 1 aliphatic carbocycles. The van der Waals surface area contributed by atoms with Crippen molar-refractivity contribution in [3.63, 3.8) is 0 Å². The van der Waals surface area contributed by atoms with Gasteiger partial charge >= 0.3 is 6.16 Å². The fraction of sp³-hybridized carbons (Fsp3) is 0. The van der Waals surface area contributed by atoms with Crippen LogP contribution in [0, 0.1) is 0 Å². The second kappa shape index (κ2) is 3.88. The third kappa shape index (κ3) is 1.67. The molecule has 1 aliphatic rings. The number of rotatable bonds is 1. The first-order chi connectivity index (χ1) is 8.41. The molecule has 0 aliphatic heterocycles. The van der Waals surface area contributed by atoms with Gasteiger partial charge in [0.25, 0.3) is 0 Å². The van der Waals surface area contributed by atoms with Crippen molar-refractivity contribution in [2.75, 3.05) is 0 Å². The summed E-state index contributed by atoms with van der Waals surface area (Å²) in [7, 11) is 0. The molecule has 0 atom stereocenters. The number of fused-ring (bicyclic) bond motifs is 1. The van der Waals surface area contributed by atoms with Crippen molar-refractivity contribution in [1.29, 1.82) is 0 Å². The molecule has 1 aromatic carbocycles. The highest BCUT2D eigenvalue weighted by molar-refractivity contribution is 6.23. The van der Waals surface area contributed by atoms with E-state index in [1.807, 2.05) is 0 Å². The minimum Gasteiger partial charge on any atom is -0.504 e. The fourth-order valence-electron chi connectivity index (χ4n) is 1.57. The largest absolute Gasteiger partial charge is 0.511 e. The maximum atomic E-state index is 11.5. The number of phenols is 2. The molecule has 0 saturated carbocycles. The Kier molecular flexibility index (Phi) is 2.51. The van der Waals surface area contributed by atoms with Crippen molar-refractivity contribution in [1.82, 2.24) is 0 Å². The van der Waals surface area contributed by atoms with Gasteiger partial charge in [0.2, 0.25) is 5.75 Å². The van der Waals surface area contributed by atoms with E-state index in [-0.39, 0.29) is 11.1 Å². The minimum absolute atomic E-state index is 0.228. The van der Waals surface area contributed by atoms with Crippen molar-refractivity contribution in [2.24, 2.45) is 0 Å². The van der Waals surface area contributed by atoms with Gasteiger partial charge in [-0.25, -0.2) is 4.79 Å². The average molecular weight is 250 g/mol. The van der Waals surface area contributed by atoms with Gasteiger partial charge < -0.3 is 20.1 Å². The number of phenolic OH excluding ortho intramolecular Hbond substituents is 2. The number of hydrogen-bond donors (Lipinski definition) is 3. The van der Waals surface area contributed by atoms with Gasteiger partial charge in [-0.2, -0.15) is 0 Å². The average Bonchev–Trinajstić information content (AvgIpc) is 2.29. The van der Waals surface area contributed by atoms with Gasteiger partial charge in [0.1, 0.15) is 0 Å². The van der Waals surface area contributed by atoms with E-state index in [9.17, 15) is 24.6 Å². The van der Waals surface area contributed by atoms with E-state index in [1.165, 1.54) is 0 Å². The molecule has 0 amide bonds. The number of carbonyl (C=O) groups excluding carboxylic acids is 2. The molecule has 0 bridgehead atoms. The first kappa shape index (κ1) is 11.6. The molecule has 0 unspecified atom stereocenters. The van der Waals surface area contributed by atoms with Crippen molar-refractivity contribution < 1.29 is 34.4 Å². The number of ketones is 2. The third-order valence-electron chi connectivity index (χ3n) is 2.33. The normalized spacial score (nSPS) is 13.3. The van der Waals surface area contributed by atoms with Crippen molar-refractivity contribution in [3.8, 4) is 17.2 Å². The monoisotopic (exact) mass is 250 g/mol. The van der Waals surface area contributed by atoms with Crippen LogP contribution in [0.2, 0.25) is 0 Å². The van der Waals surface area contributed by atoms with Crippen molar-refractivity contribution in [2.45, 2.75) is 0 Å². The molecule has 2 rings (SSSR count). The Morgan fingerprint density at radius 2 is 1.67 bits per heavy atom. The van der Waals surface area contributed by atoms with E-state index < -0.39 is 35.0 Å².